The average Bonchev–Trinajstić information content (AvgIpc) is 2.46. The van der Waals surface area contributed by atoms with Gasteiger partial charge in [0.15, 0.2) is 0 Å². The third-order valence-electron chi connectivity index (χ3n) is 2.75. The van der Waals surface area contributed by atoms with Crippen LogP contribution in [0, 0.1) is 0 Å². The number of thioether (sulfide) groups is 1. The smallest absolute Gasteiger partial charge is 0.255 e. The van der Waals surface area contributed by atoms with Crippen LogP contribution in [0.4, 0.5) is 11.4 Å². The Labute approximate surface area is 122 Å². The summed E-state index contributed by atoms with van der Waals surface area (Å²) in [5.74, 6) is 0.349. The van der Waals surface area contributed by atoms with Gasteiger partial charge in [0, 0.05) is 27.9 Å². The highest BCUT2D eigenvalue weighted by Gasteiger charge is 2.09. The molecule has 2 aromatic rings. The zero-order valence-corrected chi connectivity index (χ0v) is 12.2. The van der Waals surface area contributed by atoms with Crippen LogP contribution in [0.2, 0.25) is 0 Å². The number of carbonyl (C=O) groups excluding carboxylic acids is 1. The predicted octanol–water partition coefficient (Wildman–Crippen LogP) is 3.25. The Balaban J connectivity index is 2.21. The lowest BCUT2D eigenvalue weighted by molar-refractivity contribution is 0.102. The molecule has 0 heterocycles. The number of nitrogens with one attached hydrogen (secondary N) is 1. The number of hydrogen-bond donors (Lipinski definition) is 2. The van der Waals surface area contributed by atoms with Gasteiger partial charge in [-0.05, 0) is 36.6 Å². The molecule has 0 saturated carbocycles. The molecule has 20 heavy (non-hydrogen) atoms. The molecule has 0 radical (unpaired) electrons. The quantitative estimate of drug-likeness (QED) is 0.669. The molecule has 0 bridgehead atoms. The maximum absolute atomic E-state index is 12.2. The van der Waals surface area contributed by atoms with Crippen molar-refractivity contribution in [3.63, 3.8) is 0 Å². The first-order chi connectivity index (χ1) is 9.62. The Morgan fingerprint density at radius 2 is 2.05 bits per heavy atom. The van der Waals surface area contributed by atoms with Crippen LogP contribution in [0.15, 0.2) is 47.4 Å². The van der Waals surface area contributed by atoms with Crippen molar-refractivity contribution < 1.29 is 9.53 Å². The van der Waals surface area contributed by atoms with Crippen molar-refractivity contribution in [2.45, 2.75) is 4.90 Å². The van der Waals surface area contributed by atoms with E-state index < -0.39 is 0 Å². The zero-order valence-electron chi connectivity index (χ0n) is 11.3. The first-order valence-electron chi connectivity index (χ1n) is 6.02. The van der Waals surface area contributed by atoms with Gasteiger partial charge in [0.2, 0.25) is 0 Å². The second-order valence-electron chi connectivity index (χ2n) is 4.18. The fourth-order valence-electron chi connectivity index (χ4n) is 1.78. The minimum absolute atomic E-state index is 0.214. The lowest BCUT2D eigenvalue weighted by atomic mass is 10.1. The number of nitrogen functional groups attached to an aromatic ring is 1. The van der Waals surface area contributed by atoms with E-state index in [1.54, 1.807) is 37.1 Å². The van der Waals surface area contributed by atoms with Crippen molar-refractivity contribution in [3.8, 4) is 5.75 Å². The van der Waals surface area contributed by atoms with Crippen molar-refractivity contribution >= 4 is 29.0 Å². The van der Waals surface area contributed by atoms with E-state index in [1.165, 1.54) is 0 Å². The number of rotatable bonds is 4. The molecule has 2 rings (SSSR count). The molecule has 0 fully saturated rings. The van der Waals surface area contributed by atoms with Gasteiger partial charge in [0.05, 0.1) is 7.11 Å². The minimum Gasteiger partial charge on any atom is -0.497 e. The Morgan fingerprint density at radius 3 is 2.75 bits per heavy atom. The summed E-state index contributed by atoms with van der Waals surface area (Å²) in [5.41, 5.74) is 7.46. The maximum atomic E-state index is 12.2. The van der Waals surface area contributed by atoms with E-state index in [1.807, 2.05) is 30.5 Å². The van der Waals surface area contributed by atoms with Gasteiger partial charge in [0.25, 0.3) is 5.91 Å². The Kier molecular flexibility index (Phi) is 4.53. The van der Waals surface area contributed by atoms with E-state index in [0.29, 0.717) is 17.0 Å². The van der Waals surface area contributed by atoms with Crippen LogP contribution >= 0.6 is 11.8 Å². The molecule has 0 unspecified atom stereocenters. The van der Waals surface area contributed by atoms with Gasteiger partial charge >= 0.3 is 0 Å². The first kappa shape index (κ1) is 14.3. The zero-order chi connectivity index (χ0) is 14.5. The summed E-state index contributed by atoms with van der Waals surface area (Å²) in [5, 5.41) is 2.85. The molecule has 0 atom stereocenters. The normalized spacial score (nSPS) is 10.1. The fourth-order valence-corrected chi connectivity index (χ4v) is 2.23. The number of methoxy groups -OCH3 is 1. The van der Waals surface area contributed by atoms with Gasteiger partial charge in [-0.3, -0.25) is 4.79 Å². The van der Waals surface area contributed by atoms with Gasteiger partial charge in [-0.15, -0.1) is 11.8 Å². The molecule has 0 aliphatic rings. The largest absolute Gasteiger partial charge is 0.497 e. The summed E-state index contributed by atoms with van der Waals surface area (Å²) in [6, 6.07) is 12.6. The minimum atomic E-state index is -0.214. The highest BCUT2D eigenvalue weighted by Crippen LogP contribution is 2.22. The monoisotopic (exact) mass is 288 g/mol. The topological polar surface area (TPSA) is 64.3 Å². The number of carbonyl (C=O) groups is 1. The highest BCUT2D eigenvalue weighted by molar-refractivity contribution is 7.98. The second-order valence-corrected chi connectivity index (χ2v) is 5.06. The molecular weight excluding hydrogens is 272 g/mol. The lowest BCUT2D eigenvalue weighted by Crippen LogP contribution is -2.12. The van der Waals surface area contributed by atoms with Crippen molar-refractivity contribution in [1.82, 2.24) is 0 Å². The SMILES string of the molecule is COc1cc(N)cc(C(=O)Nc2cccc(SC)c2)c1. The van der Waals surface area contributed by atoms with Crippen LogP contribution in [0.3, 0.4) is 0 Å². The average molecular weight is 288 g/mol. The summed E-state index contributed by atoms with van der Waals surface area (Å²) >= 11 is 1.62. The third kappa shape index (κ3) is 3.45. The van der Waals surface area contributed by atoms with E-state index in [0.717, 1.165) is 10.6 Å². The molecule has 104 valence electrons. The van der Waals surface area contributed by atoms with Crippen molar-refractivity contribution in [2.24, 2.45) is 0 Å². The summed E-state index contributed by atoms with van der Waals surface area (Å²) in [6.45, 7) is 0. The van der Waals surface area contributed by atoms with Crippen LogP contribution in [0.5, 0.6) is 5.75 Å². The Hall–Kier alpha value is -2.14. The van der Waals surface area contributed by atoms with E-state index >= 15 is 0 Å². The molecule has 0 saturated heterocycles. The van der Waals surface area contributed by atoms with Crippen LogP contribution < -0.4 is 15.8 Å². The number of benzene rings is 2. The van der Waals surface area contributed by atoms with Crippen LogP contribution in [0.25, 0.3) is 0 Å². The fraction of sp³-hybridized carbons (Fsp3) is 0.133. The predicted molar refractivity (Wildman–Crippen MR) is 83.6 cm³/mol. The number of ether oxygens (including phenoxy) is 1. The van der Waals surface area contributed by atoms with Gasteiger partial charge in [-0.2, -0.15) is 0 Å². The number of hydrogen-bond acceptors (Lipinski definition) is 4. The van der Waals surface area contributed by atoms with Crippen LogP contribution in [-0.2, 0) is 0 Å². The second kappa shape index (κ2) is 6.34. The molecule has 0 aliphatic heterocycles. The number of amides is 1. The van der Waals surface area contributed by atoms with Crippen molar-refractivity contribution in [3.05, 3.63) is 48.0 Å². The molecule has 0 aromatic heterocycles. The molecule has 2 aromatic carbocycles. The molecule has 4 nitrogen and oxygen atoms in total. The highest BCUT2D eigenvalue weighted by atomic mass is 32.2. The molecule has 3 N–H and O–H groups in total. The van der Waals surface area contributed by atoms with Gasteiger partial charge in [0.1, 0.15) is 5.75 Å². The number of anilines is 2. The maximum Gasteiger partial charge on any atom is 0.255 e. The molecule has 1 amide bonds. The van der Waals surface area contributed by atoms with E-state index in [4.69, 9.17) is 10.5 Å². The third-order valence-corrected chi connectivity index (χ3v) is 3.48. The summed E-state index contributed by atoms with van der Waals surface area (Å²) in [6.07, 6.45) is 1.99. The van der Waals surface area contributed by atoms with E-state index in [2.05, 4.69) is 5.32 Å². The van der Waals surface area contributed by atoms with E-state index in [9.17, 15) is 4.79 Å². The lowest BCUT2D eigenvalue weighted by Gasteiger charge is -2.09. The summed E-state index contributed by atoms with van der Waals surface area (Å²) in [7, 11) is 1.54. The van der Waals surface area contributed by atoms with Crippen molar-refractivity contribution in [2.75, 3.05) is 24.4 Å². The van der Waals surface area contributed by atoms with Crippen LogP contribution in [0.1, 0.15) is 10.4 Å². The van der Waals surface area contributed by atoms with Crippen molar-refractivity contribution in [1.29, 1.82) is 0 Å². The van der Waals surface area contributed by atoms with Crippen LogP contribution in [-0.4, -0.2) is 19.3 Å². The van der Waals surface area contributed by atoms with Gasteiger partial charge in [-0.25, -0.2) is 0 Å². The standard InChI is InChI=1S/C15H16N2O2S/c1-19-13-7-10(6-11(16)8-13)15(18)17-12-4-3-5-14(9-12)20-2/h3-9H,16H2,1-2H3,(H,17,18). The summed E-state index contributed by atoms with van der Waals surface area (Å²) < 4.78 is 5.11. The Bertz CT molecular complexity index is 629. The van der Waals surface area contributed by atoms with E-state index in [-0.39, 0.29) is 5.91 Å². The first-order valence-corrected chi connectivity index (χ1v) is 7.25. The molecule has 5 heteroatoms. The molecule has 0 aliphatic carbocycles. The molecule has 0 spiro atoms. The number of nitrogens with two attached hydrogens (primary N) is 1. The van der Waals surface area contributed by atoms with Gasteiger partial charge in [-0.1, -0.05) is 6.07 Å². The summed E-state index contributed by atoms with van der Waals surface area (Å²) in [4.78, 5) is 13.3. The Morgan fingerprint density at radius 1 is 1.25 bits per heavy atom. The molecular formula is C15H16N2O2S. The van der Waals surface area contributed by atoms with Gasteiger partial charge < -0.3 is 15.8 Å².